The van der Waals surface area contributed by atoms with E-state index in [0.29, 0.717) is 18.9 Å². The first-order valence-corrected chi connectivity index (χ1v) is 13.8. The van der Waals surface area contributed by atoms with Crippen molar-refractivity contribution in [3.63, 3.8) is 0 Å². The van der Waals surface area contributed by atoms with Gasteiger partial charge >= 0.3 is 0 Å². The molecule has 7 nitrogen and oxygen atoms in total. The molecule has 2 amide bonds. The normalized spacial score (nSPS) is 26.5. The van der Waals surface area contributed by atoms with Gasteiger partial charge in [-0.2, -0.15) is 0 Å². The molecule has 8 heteroatoms. The summed E-state index contributed by atoms with van der Waals surface area (Å²) in [6.07, 6.45) is 8.35. The average Bonchev–Trinajstić information content (AvgIpc) is 3.29. The Morgan fingerprint density at radius 1 is 1.18 bits per heavy atom. The summed E-state index contributed by atoms with van der Waals surface area (Å²) in [5.74, 6) is -0.449. The fraction of sp³-hybridized carbons (Fsp3) is 0.600. The zero-order valence-electron chi connectivity index (χ0n) is 19.7. The van der Waals surface area contributed by atoms with E-state index in [0.717, 1.165) is 48.5 Å². The maximum atomic E-state index is 13.2. The maximum Gasteiger partial charge on any atom is 0.246 e. The second kappa shape index (κ2) is 9.58. The Balaban J connectivity index is 1.53. The molecule has 1 N–H and O–H groups in total. The van der Waals surface area contributed by atoms with Gasteiger partial charge in [0.15, 0.2) is 0 Å². The van der Waals surface area contributed by atoms with Crippen LogP contribution in [0.25, 0.3) is 6.08 Å². The highest BCUT2D eigenvalue weighted by molar-refractivity contribution is 7.88. The number of benzene rings is 1. The molecular formula is C25H35N3O4S. The van der Waals surface area contributed by atoms with Crippen LogP contribution >= 0.6 is 0 Å². The second-order valence-corrected chi connectivity index (χ2v) is 11.8. The standard InChI is InChI=1S/C25H35N3O4S/c1-17(2)23-24-21(28(25(23)30)33(3,31)32)12-15-27(24)22(29)9-8-19-6-4-5-7-20(19)16-18-10-13-26-14-11-18/h4-9,17-18,21,23-24,26H,10-16H2,1-3H3/t21-,23+,24-/m0/s1. The number of hydrogen-bond donors (Lipinski definition) is 1. The fourth-order valence-corrected chi connectivity index (χ4v) is 7.00. The van der Waals surface area contributed by atoms with Crippen molar-refractivity contribution < 1.29 is 18.0 Å². The van der Waals surface area contributed by atoms with Gasteiger partial charge in [0.1, 0.15) is 0 Å². The summed E-state index contributed by atoms with van der Waals surface area (Å²) in [4.78, 5) is 27.9. The molecule has 3 aliphatic rings. The van der Waals surface area contributed by atoms with Crippen LogP contribution in [-0.4, -0.2) is 67.4 Å². The summed E-state index contributed by atoms with van der Waals surface area (Å²) in [5.41, 5.74) is 2.29. The smallest absolute Gasteiger partial charge is 0.246 e. The van der Waals surface area contributed by atoms with Crippen molar-refractivity contribution in [1.29, 1.82) is 0 Å². The van der Waals surface area contributed by atoms with E-state index in [1.165, 1.54) is 5.56 Å². The van der Waals surface area contributed by atoms with Gasteiger partial charge in [0.05, 0.1) is 24.3 Å². The third kappa shape index (κ3) is 4.87. The molecule has 4 rings (SSSR count). The highest BCUT2D eigenvalue weighted by Gasteiger charge is 2.58. The Hall–Kier alpha value is -2.19. The van der Waals surface area contributed by atoms with E-state index < -0.39 is 28.0 Å². The molecule has 3 aliphatic heterocycles. The molecule has 0 spiro atoms. The highest BCUT2D eigenvalue weighted by Crippen LogP contribution is 2.41. The lowest BCUT2D eigenvalue weighted by Gasteiger charge is -2.28. The van der Waals surface area contributed by atoms with Crippen LogP contribution in [-0.2, 0) is 26.0 Å². The molecule has 3 heterocycles. The Morgan fingerprint density at radius 3 is 2.55 bits per heavy atom. The molecule has 3 fully saturated rings. The van der Waals surface area contributed by atoms with E-state index in [-0.39, 0.29) is 17.7 Å². The summed E-state index contributed by atoms with van der Waals surface area (Å²) in [5, 5.41) is 3.40. The van der Waals surface area contributed by atoms with E-state index >= 15 is 0 Å². The number of carbonyl (C=O) groups is 2. The molecule has 1 aromatic rings. The van der Waals surface area contributed by atoms with Gasteiger partial charge in [0.25, 0.3) is 0 Å². The maximum absolute atomic E-state index is 13.2. The van der Waals surface area contributed by atoms with Gasteiger partial charge < -0.3 is 10.2 Å². The number of sulfonamides is 1. The van der Waals surface area contributed by atoms with Gasteiger partial charge in [-0.25, -0.2) is 12.7 Å². The molecule has 180 valence electrons. The van der Waals surface area contributed by atoms with Crippen LogP contribution < -0.4 is 5.32 Å². The summed E-state index contributed by atoms with van der Waals surface area (Å²) in [7, 11) is -3.67. The number of hydrogen-bond acceptors (Lipinski definition) is 5. The third-order valence-electron chi connectivity index (χ3n) is 7.38. The number of nitrogens with one attached hydrogen (secondary N) is 1. The van der Waals surface area contributed by atoms with Gasteiger partial charge in [-0.1, -0.05) is 38.1 Å². The predicted molar refractivity (Wildman–Crippen MR) is 129 cm³/mol. The number of carbonyl (C=O) groups excluding carboxylic acids is 2. The lowest BCUT2D eigenvalue weighted by molar-refractivity contribution is -0.131. The van der Waals surface area contributed by atoms with E-state index in [9.17, 15) is 18.0 Å². The minimum Gasteiger partial charge on any atom is -0.333 e. The Morgan fingerprint density at radius 2 is 1.88 bits per heavy atom. The number of fused-ring (bicyclic) bond motifs is 1. The van der Waals surface area contributed by atoms with Crippen molar-refractivity contribution in [2.45, 2.75) is 51.6 Å². The summed E-state index contributed by atoms with van der Waals surface area (Å²) in [6, 6.07) is 7.31. The van der Waals surface area contributed by atoms with Gasteiger partial charge in [-0.05, 0) is 67.8 Å². The zero-order chi connectivity index (χ0) is 23.8. The fourth-order valence-electron chi connectivity index (χ4n) is 5.83. The number of likely N-dealkylation sites (tertiary alicyclic amines) is 1. The molecule has 0 unspecified atom stereocenters. The second-order valence-electron chi connectivity index (χ2n) is 9.97. The van der Waals surface area contributed by atoms with E-state index in [1.54, 1.807) is 11.0 Å². The van der Waals surface area contributed by atoms with Crippen LogP contribution in [0.5, 0.6) is 0 Å². The van der Waals surface area contributed by atoms with Gasteiger partial charge in [-0.15, -0.1) is 0 Å². The first-order chi connectivity index (χ1) is 15.7. The van der Waals surface area contributed by atoms with Crippen LogP contribution in [0.1, 0.15) is 44.2 Å². The average molecular weight is 474 g/mol. The molecule has 1 aromatic carbocycles. The molecule has 0 aromatic heterocycles. The van der Waals surface area contributed by atoms with Gasteiger partial charge in [-0.3, -0.25) is 9.59 Å². The Kier molecular flexibility index (Phi) is 6.96. The van der Waals surface area contributed by atoms with Crippen LogP contribution in [0.4, 0.5) is 0 Å². The molecule has 0 saturated carbocycles. The van der Waals surface area contributed by atoms with Crippen molar-refractivity contribution in [3.8, 4) is 0 Å². The molecule has 3 atom stereocenters. The highest BCUT2D eigenvalue weighted by atomic mass is 32.2. The first-order valence-electron chi connectivity index (χ1n) is 12.0. The summed E-state index contributed by atoms with van der Waals surface area (Å²) < 4.78 is 25.7. The molecule has 3 saturated heterocycles. The van der Waals surface area contributed by atoms with Crippen LogP contribution in [0.2, 0.25) is 0 Å². The lowest BCUT2D eigenvalue weighted by Crippen LogP contribution is -2.43. The molecular weight excluding hydrogens is 438 g/mol. The van der Waals surface area contributed by atoms with Gasteiger partial charge in [0, 0.05) is 12.6 Å². The molecule has 33 heavy (non-hydrogen) atoms. The summed E-state index contributed by atoms with van der Waals surface area (Å²) >= 11 is 0. The van der Waals surface area contributed by atoms with Crippen LogP contribution in [0.3, 0.4) is 0 Å². The van der Waals surface area contributed by atoms with Crippen molar-refractivity contribution in [2.24, 2.45) is 17.8 Å². The van der Waals surface area contributed by atoms with Crippen molar-refractivity contribution in [1.82, 2.24) is 14.5 Å². The van der Waals surface area contributed by atoms with Crippen molar-refractivity contribution >= 4 is 27.9 Å². The van der Waals surface area contributed by atoms with Crippen molar-refractivity contribution in [3.05, 3.63) is 41.5 Å². The number of nitrogens with zero attached hydrogens (tertiary/aromatic N) is 2. The van der Waals surface area contributed by atoms with E-state index in [4.69, 9.17) is 0 Å². The summed E-state index contributed by atoms with van der Waals surface area (Å²) in [6.45, 7) is 6.40. The van der Waals surface area contributed by atoms with Crippen LogP contribution in [0.15, 0.2) is 30.3 Å². The largest absolute Gasteiger partial charge is 0.333 e. The Bertz CT molecular complexity index is 1030. The molecule has 0 bridgehead atoms. The van der Waals surface area contributed by atoms with Crippen LogP contribution in [0, 0.1) is 17.8 Å². The van der Waals surface area contributed by atoms with Gasteiger partial charge in [0.2, 0.25) is 21.8 Å². The number of amides is 2. The molecule has 0 radical (unpaired) electrons. The third-order valence-corrected chi connectivity index (χ3v) is 8.54. The lowest BCUT2D eigenvalue weighted by atomic mass is 9.88. The van der Waals surface area contributed by atoms with Crippen molar-refractivity contribution in [2.75, 3.05) is 25.9 Å². The number of rotatable bonds is 6. The minimum atomic E-state index is -3.67. The Labute approximate surface area is 197 Å². The minimum absolute atomic E-state index is 0.0557. The quantitative estimate of drug-likeness (QED) is 0.641. The monoisotopic (exact) mass is 473 g/mol. The zero-order valence-corrected chi connectivity index (χ0v) is 20.6. The molecule has 0 aliphatic carbocycles. The SMILES string of the molecule is CC(C)[C@H]1C(=O)N(S(C)(=O)=O)[C@H]2CCN(C(=O)C=Cc3ccccc3CC3CCNCC3)[C@H]12. The van der Waals surface area contributed by atoms with E-state index in [2.05, 4.69) is 11.4 Å². The topological polar surface area (TPSA) is 86.8 Å². The van der Waals surface area contributed by atoms with E-state index in [1.807, 2.05) is 38.1 Å². The number of piperidine rings is 1. The predicted octanol–water partition coefficient (Wildman–Crippen LogP) is 2.29. The first kappa shape index (κ1) is 24.0.